The van der Waals surface area contributed by atoms with E-state index in [1.807, 2.05) is 0 Å². The Morgan fingerprint density at radius 1 is 0.932 bits per heavy atom. The predicted octanol–water partition coefficient (Wildman–Crippen LogP) is 8.75. The van der Waals surface area contributed by atoms with Crippen molar-refractivity contribution >= 4 is 11.8 Å². The van der Waals surface area contributed by atoms with E-state index in [9.17, 15) is 41.8 Å². The average molecular weight is 637 g/mol. The van der Waals surface area contributed by atoms with Crippen LogP contribution in [0.3, 0.4) is 0 Å². The number of Topliss-reactive ketones (excluding diaryl/α,β-unsaturated/α-hetero) is 1. The molecule has 0 bridgehead atoms. The van der Waals surface area contributed by atoms with Crippen molar-refractivity contribution < 1.29 is 46.5 Å². The summed E-state index contributed by atoms with van der Waals surface area (Å²) in [4.78, 5) is 23.8. The lowest BCUT2D eigenvalue weighted by molar-refractivity contribution is -0.284. The molecule has 2 N–H and O–H groups in total. The number of aliphatic hydroxyl groups excluding tert-OH is 1. The molecule has 4 saturated carbocycles. The Bertz CT molecular complexity index is 988. The number of aliphatic hydroxyl groups is 1. The number of hydrogen-bond acceptors (Lipinski definition) is 4. The van der Waals surface area contributed by atoms with E-state index < -0.39 is 36.8 Å². The summed E-state index contributed by atoms with van der Waals surface area (Å²) in [6, 6.07) is 0. The summed E-state index contributed by atoms with van der Waals surface area (Å²) < 4.78 is 70.0. The molecule has 254 valence electrons. The Morgan fingerprint density at radius 3 is 2.27 bits per heavy atom. The molecule has 4 aliphatic rings. The molecule has 4 fully saturated rings. The first-order valence-corrected chi connectivity index (χ1v) is 17.1. The summed E-state index contributed by atoms with van der Waals surface area (Å²) in [5.74, 6) is -4.57. The van der Waals surface area contributed by atoms with Crippen LogP contribution in [0.2, 0.25) is 0 Å². The fourth-order valence-electron chi connectivity index (χ4n) is 9.80. The number of carboxylic acid groups (broad SMARTS) is 1. The molecule has 0 aromatic heterocycles. The fourth-order valence-corrected chi connectivity index (χ4v) is 9.80. The summed E-state index contributed by atoms with van der Waals surface area (Å²) in [6.07, 6.45) is 4.81. The van der Waals surface area contributed by atoms with Gasteiger partial charge >= 0.3 is 18.1 Å². The van der Waals surface area contributed by atoms with Crippen LogP contribution in [-0.2, 0) is 14.3 Å². The number of ketones is 1. The number of fused-ring (bicyclic) bond motifs is 5. The first-order chi connectivity index (χ1) is 20.6. The van der Waals surface area contributed by atoms with Gasteiger partial charge in [0.05, 0.1) is 18.1 Å². The molecule has 10 heteroatoms. The van der Waals surface area contributed by atoms with Crippen molar-refractivity contribution in [3.8, 4) is 0 Å². The molecule has 4 aliphatic carbocycles. The van der Waals surface area contributed by atoms with Crippen molar-refractivity contribution in [3.63, 3.8) is 0 Å². The number of aliphatic carboxylic acids is 1. The van der Waals surface area contributed by atoms with Gasteiger partial charge in [-0.25, -0.2) is 0 Å². The molecule has 9 atom stereocenters. The molecule has 0 aliphatic heterocycles. The van der Waals surface area contributed by atoms with E-state index >= 15 is 0 Å². The van der Waals surface area contributed by atoms with Crippen LogP contribution in [0.1, 0.15) is 129 Å². The third-order valence-corrected chi connectivity index (χ3v) is 12.4. The summed E-state index contributed by atoms with van der Waals surface area (Å²) in [7, 11) is 0. The minimum atomic E-state index is -5.61. The fraction of sp³-hybridized carbons (Fsp3) is 0.941. The normalized spacial score (nSPS) is 36.4. The van der Waals surface area contributed by atoms with Crippen LogP contribution in [0.5, 0.6) is 0 Å². The molecule has 0 heterocycles. The van der Waals surface area contributed by atoms with Crippen molar-refractivity contribution in [2.45, 2.75) is 154 Å². The standard InChI is InChI=1S/C34H53F5O5/c1-31-18-16-24(40)20-23(31)12-13-25-26-14-15-28(41)32(26,2)21-27(29(25)31)44-19-8-6-4-3-5-7-10-22(30(42)43)11-9-17-33(35,36)34(37,38)39/h22-23,25-29,41H,3-21H2,1-2H3,(H,42,43)/t22?,23-,25-,26-,27-,28-,29+,31-,32-/m0/s1. The average Bonchev–Trinajstić information content (AvgIpc) is 3.24. The quantitative estimate of drug-likeness (QED) is 0.139. The van der Waals surface area contributed by atoms with Gasteiger partial charge in [0.2, 0.25) is 0 Å². The Hall–Kier alpha value is -1.29. The number of unbranched alkanes of at least 4 members (excludes halogenated alkanes) is 5. The minimum absolute atomic E-state index is 0.0824. The highest BCUT2D eigenvalue weighted by atomic mass is 19.4. The molecule has 1 unspecified atom stereocenters. The van der Waals surface area contributed by atoms with Crippen LogP contribution in [0, 0.1) is 40.4 Å². The maximum absolute atomic E-state index is 13.1. The summed E-state index contributed by atoms with van der Waals surface area (Å²) in [5.41, 5.74) is -0.0179. The topological polar surface area (TPSA) is 83.8 Å². The van der Waals surface area contributed by atoms with Gasteiger partial charge in [-0.3, -0.25) is 9.59 Å². The van der Waals surface area contributed by atoms with E-state index in [0.29, 0.717) is 55.3 Å². The van der Waals surface area contributed by atoms with E-state index in [1.54, 1.807) is 0 Å². The third-order valence-electron chi connectivity index (χ3n) is 12.4. The van der Waals surface area contributed by atoms with E-state index in [2.05, 4.69) is 13.8 Å². The van der Waals surface area contributed by atoms with Gasteiger partial charge < -0.3 is 14.9 Å². The van der Waals surface area contributed by atoms with Crippen LogP contribution in [0.15, 0.2) is 0 Å². The van der Waals surface area contributed by atoms with Crippen molar-refractivity contribution in [3.05, 3.63) is 0 Å². The van der Waals surface area contributed by atoms with Crippen molar-refractivity contribution in [2.75, 3.05) is 6.61 Å². The Labute approximate surface area is 259 Å². The summed E-state index contributed by atoms with van der Waals surface area (Å²) in [6.45, 7) is 5.31. The van der Waals surface area contributed by atoms with Gasteiger partial charge in [0.25, 0.3) is 0 Å². The molecular weight excluding hydrogens is 583 g/mol. The Morgan fingerprint density at radius 2 is 1.59 bits per heavy atom. The molecule has 5 nitrogen and oxygen atoms in total. The van der Waals surface area contributed by atoms with Gasteiger partial charge in [-0.05, 0) is 98.7 Å². The number of halogens is 5. The van der Waals surface area contributed by atoms with Crippen LogP contribution in [0.4, 0.5) is 22.0 Å². The van der Waals surface area contributed by atoms with Crippen molar-refractivity contribution in [2.24, 2.45) is 40.4 Å². The molecule has 0 aromatic carbocycles. The zero-order chi connectivity index (χ0) is 32.3. The summed E-state index contributed by atoms with van der Waals surface area (Å²) in [5, 5.41) is 20.4. The van der Waals surface area contributed by atoms with E-state index in [0.717, 1.165) is 70.6 Å². The van der Waals surface area contributed by atoms with Crippen molar-refractivity contribution in [1.82, 2.24) is 0 Å². The molecule has 0 radical (unpaired) electrons. The zero-order valence-electron chi connectivity index (χ0n) is 26.5. The second-order valence-electron chi connectivity index (χ2n) is 15.1. The lowest BCUT2D eigenvalue weighted by Gasteiger charge is -2.62. The van der Waals surface area contributed by atoms with Gasteiger partial charge in [0, 0.05) is 25.9 Å². The van der Waals surface area contributed by atoms with Crippen LogP contribution >= 0.6 is 0 Å². The minimum Gasteiger partial charge on any atom is -0.481 e. The maximum atomic E-state index is 13.1. The van der Waals surface area contributed by atoms with Crippen LogP contribution in [0.25, 0.3) is 0 Å². The Balaban J connectivity index is 1.19. The number of alkyl halides is 5. The molecule has 0 spiro atoms. The maximum Gasteiger partial charge on any atom is 0.453 e. The molecule has 4 rings (SSSR count). The molecule has 0 amide bonds. The molecule has 44 heavy (non-hydrogen) atoms. The van der Waals surface area contributed by atoms with Gasteiger partial charge in [-0.1, -0.05) is 46.0 Å². The number of carbonyl (C=O) groups is 2. The number of carboxylic acids is 1. The number of hydrogen-bond donors (Lipinski definition) is 2. The van der Waals surface area contributed by atoms with E-state index in [4.69, 9.17) is 4.74 Å². The van der Waals surface area contributed by atoms with Crippen molar-refractivity contribution in [1.29, 1.82) is 0 Å². The molecule has 0 aromatic rings. The third kappa shape index (κ3) is 7.63. The number of rotatable bonds is 15. The summed E-state index contributed by atoms with van der Waals surface area (Å²) >= 11 is 0. The predicted molar refractivity (Wildman–Crippen MR) is 156 cm³/mol. The lowest BCUT2D eigenvalue weighted by Crippen LogP contribution is -2.60. The van der Waals surface area contributed by atoms with Crippen LogP contribution < -0.4 is 0 Å². The number of carbonyl (C=O) groups excluding carboxylic acids is 1. The molecular formula is C34H53F5O5. The highest BCUT2D eigenvalue weighted by Crippen LogP contribution is 2.66. The number of ether oxygens (including phenoxy) is 1. The largest absolute Gasteiger partial charge is 0.481 e. The first kappa shape index (κ1) is 35.6. The van der Waals surface area contributed by atoms with Gasteiger partial charge in [0.15, 0.2) is 0 Å². The Kier molecular flexibility index (Phi) is 11.5. The first-order valence-electron chi connectivity index (χ1n) is 17.1. The van der Waals surface area contributed by atoms with Gasteiger partial charge in [-0.2, -0.15) is 22.0 Å². The van der Waals surface area contributed by atoms with E-state index in [1.165, 1.54) is 0 Å². The zero-order valence-corrected chi connectivity index (χ0v) is 26.5. The van der Waals surface area contributed by atoms with Crippen LogP contribution in [-0.4, -0.2) is 52.9 Å². The second kappa shape index (κ2) is 14.2. The van der Waals surface area contributed by atoms with Gasteiger partial charge in [0.1, 0.15) is 5.78 Å². The lowest BCUT2D eigenvalue weighted by atomic mass is 9.44. The SMILES string of the molecule is C[C@]12CCC(=O)C[C@@H]1CC[C@@H]1[C@@H]2[C@@H](OCCCCCCCCC(CCCC(F)(F)C(F)(F)F)C(=O)O)C[C@]2(C)[C@@H](O)CC[C@@H]12. The second-order valence-corrected chi connectivity index (χ2v) is 15.1. The van der Waals surface area contributed by atoms with E-state index in [-0.39, 0.29) is 35.9 Å². The molecule has 0 saturated heterocycles. The highest BCUT2D eigenvalue weighted by molar-refractivity contribution is 5.79. The van der Waals surface area contributed by atoms with Gasteiger partial charge in [-0.15, -0.1) is 0 Å². The highest BCUT2D eigenvalue weighted by Gasteiger charge is 2.63. The monoisotopic (exact) mass is 636 g/mol. The smallest absolute Gasteiger partial charge is 0.453 e.